The van der Waals surface area contributed by atoms with Gasteiger partial charge in [0.1, 0.15) is 5.75 Å². The Labute approximate surface area is 125 Å². The van der Waals surface area contributed by atoms with Crippen molar-refractivity contribution in [3.63, 3.8) is 0 Å². The molecule has 0 atom stereocenters. The van der Waals surface area contributed by atoms with Crippen LogP contribution in [-0.4, -0.2) is 19.6 Å². The fourth-order valence-electron chi connectivity index (χ4n) is 2.27. The van der Waals surface area contributed by atoms with E-state index in [0.29, 0.717) is 23.5 Å². The summed E-state index contributed by atoms with van der Waals surface area (Å²) in [6, 6.07) is 12.8. The number of para-hydroxylation sites is 2. The number of methoxy groups -OCH3 is 1. The molecule has 0 saturated carbocycles. The maximum absolute atomic E-state index is 12.7. The Bertz CT molecular complexity index is 653. The van der Waals surface area contributed by atoms with E-state index >= 15 is 0 Å². The highest BCUT2D eigenvalue weighted by atomic mass is 16.5. The minimum absolute atomic E-state index is 0.0892. The molecule has 2 aromatic carbocycles. The van der Waals surface area contributed by atoms with E-state index in [1.807, 2.05) is 44.2 Å². The van der Waals surface area contributed by atoms with Crippen LogP contribution in [0.5, 0.6) is 5.75 Å². The summed E-state index contributed by atoms with van der Waals surface area (Å²) < 4.78 is 5.28. The van der Waals surface area contributed by atoms with Crippen molar-refractivity contribution >= 4 is 17.3 Å². The SMILES string of the molecule is CCN(C(=O)c1ccc(C)c(OC)c1)c1ccccc1N. The lowest BCUT2D eigenvalue weighted by atomic mass is 10.1. The van der Waals surface area contributed by atoms with E-state index < -0.39 is 0 Å². The van der Waals surface area contributed by atoms with Gasteiger partial charge in [-0.25, -0.2) is 0 Å². The Hall–Kier alpha value is -2.49. The molecule has 0 aliphatic carbocycles. The highest BCUT2D eigenvalue weighted by Gasteiger charge is 2.18. The van der Waals surface area contributed by atoms with Crippen LogP contribution in [0.15, 0.2) is 42.5 Å². The highest BCUT2D eigenvalue weighted by molar-refractivity contribution is 6.07. The summed E-state index contributed by atoms with van der Waals surface area (Å²) in [4.78, 5) is 14.4. The molecular weight excluding hydrogens is 264 g/mol. The van der Waals surface area contributed by atoms with Crippen LogP contribution in [0.1, 0.15) is 22.8 Å². The Morgan fingerprint density at radius 3 is 2.57 bits per heavy atom. The number of carbonyl (C=O) groups excluding carboxylic acids is 1. The third kappa shape index (κ3) is 2.99. The molecule has 2 aromatic rings. The number of nitrogens with zero attached hydrogens (tertiary/aromatic N) is 1. The normalized spacial score (nSPS) is 10.2. The molecule has 0 radical (unpaired) electrons. The van der Waals surface area contributed by atoms with E-state index in [4.69, 9.17) is 10.5 Å². The Morgan fingerprint density at radius 2 is 1.95 bits per heavy atom. The second kappa shape index (κ2) is 6.31. The van der Waals surface area contributed by atoms with Crippen molar-refractivity contribution in [1.29, 1.82) is 0 Å². The van der Waals surface area contributed by atoms with Crippen LogP contribution in [0.25, 0.3) is 0 Å². The molecule has 2 rings (SSSR count). The second-order valence-electron chi connectivity index (χ2n) is 4.79. The Morgan fingerprint density at radius 1 is 1.24 bits per heavy atom. The van der Waals surface area contributed by atoms with Crippen LogP contribution < -0.4 is 15.4 Å². The summed E-state index contributed by atoms with van der Waals surface area (Å²) in [7, 11) is 1.60. The topological polar surface area (TPSA) is 55.6 Å². The van der Waals surface area contributed by atoms with Gasteiger partial charge in [0.2, 0.25) is 0 Å². The lowest BCUT2D eigenvalue weighted by Crippen LogP contribution is -2.31. The standard InChI is InChI=1S/C17H20N2O2/c1-4-19(15-8-6-5-7-14(15)18)17(20)13-10-9-12(2)16(11-13)21-3/h5-11H,4,18H2,1-3H3. The minimum atomic E-state index is -0.0892. The predicted molar refractivity (Wildman–Crippen MR) is 85.9 cm³/mol. The van der Waals surface area contributed by atoms with Gasteiger partial charge in [0.15, 0.2) is 0 Å². The van der Waals surface area contributed by atoms with E-state index in [0.717, 1.165) is 11.3 Å². The van der Waals surface area contributed by atoms with Crippen LogP contribution in [-0.2, 0) is 0 Å². The third-order valence-corrected chi connectivity index (χ3v) is 3.44. The van der Waals surface area contributed by atoms with Crippen LogP contribution in [0, 0.1) is 6.92 Å². The molecule has 0 saturated heterocycles. The van der Waals surface area contributed by atoms with E-state index in [1.165, 1.54) is 0 Å². The summed E-state index contributed by atoms with van der Waals surface area (Å²) in [5.74, 6) is 0.617. The van der Waals surface area contributed by atoms with Gasteiger partial charge in [-0.05, 0) is 43.7 Å². The number of anilines is 2. The van der Waals surface area contributed by atoms with Gasteiger partial charge in [0.25, 0.3) is 5.91 Å². The first-order valence-corrected chi connectivity index (χ1v) is 6.89. The zero-order valence-corrected chi connectivity index (χ0v) is 12.6. The summed E-state index contributed by atoms with van der Waals surface area (Å²) in [6.07, 6.45) is 0. The number of nitrogens with two attached hydrogens (primary N) is 1. The number of rotatable bonds is 4. The Kier molecular flexibility index (Phi) is 4.48. The van der Waals surface area contributed by atoms with Crippen molar-refractivity contribution in [2.75, 3.05) is 24.3 Å². The molecule has 0 aliphatic rings. The summed E-state index contributed by atoms with van der Waals surface area (Å²) in [6.45, 7) is 4.42. The number of ether oxygens (including phenoxy) is 1. The van der Waals surface area contributed by atoms with Crippen molar-refractivity contribution in [3.05, 3.63) is 53.6 Å². The maximum atomic E-state index is 12.7. The third-order valence-electron chi connectivity index (χ3n) is 3.44. The van der Waals surface area contributed by atoms with Gasteiger partial charge in [-0.3, -0.25) is 4.79 Å². The molecule has 0 unspecified atom stereocenters. The number of hydrogen-bond donors (Lipinski definition) is 1. The zero-order valence-electron chi connectivity index (χ0n) is 12.6. The summed E-state index contributed by atoms with van der Waals surface area (Å²) in [5, 5.41) is 0. The fourth-order valence-corrected chi connectivity index (χ4v) is 2.27. The van der Waals surface area contributed by atoms with Gasteiger partial charge in [0.05, 0.1) is 18.5 Å². The largest absolute Gasteiger partial charge is 0.496 e. The van der Waals surface area contributed by atoms with Crippen LogP contribution in [0.3, 0.4) is 0 Å². The lowest BCUT2D eigenvalue weighted by molar-refractivity contribution is 0.0988. The molecular formula is C17H20N2O2. The van der Waals surface area contributed by atoms with Crippen molar-refractivity contribution in [2.24, 2.45) is 0 Å². The number of amides is 1. The molecule has 0 aliphatic heterocycles. The van der Waals surface area contributed by atoms with Crippen molar-refractivity contribution in [3.8, 4) is 5.75 Å². The van der Waals surface area contributed by atoms with Gasteiger partial charge >= 0.3 is 0 Å². The first-order chi connectivity index (χ1) is 10.1. The highest BCUT2D eigenvalue weighted by Crippen LogP contribution is 2.26. The number of carbonyl (C=O) groups is 1. The zero-order chi connectivity index (χ0) is 15.4. The molecule has 0 aromatic heterocycles. The molecule has 4 heteroatoms. The van der Waals surface area contributed by atoms with Crippen LogP contribution in [0.2, 0.25) is 0 Å². The number of benzene rings is 2. The van der Waals surface area contributed by atoms with Crippen molar-refractivity contribution in [1.82, 2.24) is 0 Å². The average molecular weight is 284 g/mol. The molecule has 1 amide bonds. The minimum Gasteiger partial charge on any atom is -0.496 e. The smallest absolute Gasteiger partial charge is 0.258 e. The van der Waals surface area contributed by atoms with E-state index in [1.54, 1.807) is 24.1 Å². The Balaban J connectivity index is 2.39. The number of nitrogen functional groups attached to an aromatic ring is 1. The molecule has 0 fully saturated rings. The average Bonchev–Trinajstić information content (AvgIpc) is 2.50. The fraction of sp³-hybridized carbons (Fsp3) is 0.235. The molecule has 2 N–H and O–H groups in total. The number of aryl methyl sites for hydroxylation is 1. The second-order valence-corrected chi connectivity index (χ2v) is 4.79. The summed E-state index contributed by atoms with van der Waals surface area (Å²) in [5.41, 5.74) is 8.87. The van der Waals surface area contributed by atoms with Gasteiger partial charge in [-0.15, -0.1) is 0 Å². The van der Waals surface area contributed by atoms with Crippen molar-refractivity contribution in [2.45, 2.75) is 13.8 Å². The molecule has 0 heterocycles. The van der Waals surface area contributed by atoms with E-state index in [2.05, 4.69) is 0 Å². The van der Waals surface area contributed by atoms with Gasteiger partial charge in [-0.2, -0.15) is 0 Å². The van der Waals surface area contributed by atoms with Gasteiger partial charge in [0, 0.05) is 12.1 Å². The number of hydrogen-bond acceptors (Lipinski definition) is 3. The first-order valence-electron chi connectivity index (χ1n) is 6.89. The first kappa shape index (κ1) is 14.9. The lowest BCUT2D eigenvalue weighted by Gasteiger charge is -2.23. The molecule has 21 heavy (non-hydrogen) atoms. The maximum Gasteiger partial charge on any atom is 0.258 e. The quantitative estimate of drug-likeness (QED) is 0.877. The summed E-state index contributed by atoms with van der Waals surface area (Å²) >= 11 is 0. The van der Waals surface area contributed by atoms with E-state index in [9.17, 15) is 4.79 Å². The van der Waals surface area contributed by atoms with Gasteiger partial charge in [-0.1, -0.05) is 18.2 Å². The predicted octanol–water partition coefficient (Wildman–Crippen LogP) is 3.25. The van der Waals surface area contributed by atoms with Crippen LogP contribution >= 0.6 is 0 Å². The molecule has 0 bridgehead atoms. The molecule has 0 spiro atoms. The molecule has 110 valence electrons. The van der Waals surface area contributed by atoms with Gasteiger partial charge < -0.3 is 15.4 Å². The van der Waals surface area contributed by atoms with Crippen molar-refractivity contribution < 1.29 is 9.53 Å². The monoisotopic (exact) mass is 284 g/mol. The molecule has 4 nitrogen and oxygen atoms in total. The van der Waals surface area contributed by atoms with Crippen LogP contribution in [0.4, 0.5) is 11.4 Å². The van der Waals surface area contributed by atoms with E-state index in [-0.39, 0.29) is 5.91 Å².